The summed E-state index contributed by atoms with van der Waals surface area (Å²) < 4.78 is 4.59. The van der Waals surface area contributed by atoms with Crippen LogP contribution in [0.2, 0.25) is 0 Å². The molecule has 3 heteroatoms. The van der Waals surface area contributed by atoms with Gasteiger partial charge in [0.05, 0.1) is 18.6 Å². The van der Waals surface area contributed by atoms with Gasteiger partial charge in [0.15, 0.2) is 0 Å². The first kappa shape index (κ1) is 12.4. The van der Waals surface area contributed by atoms with E-state index in [-0.39, 0.29) is 11.9 Å². The van der Waals surface area contributed by atoms with Gasteiger partial charge in [0, 0.05) is 0 Å². The Hall–Kier alpha value is -0.570. The first-order chi connectivity index (χ1) is 5.87. The second-order valence-electron chi connectivity index (χ2n) is 4.13. The topological polar surface area (TPSA) is 46.5 Å². The third kappa shape index (κ3) is 6.58. The van der Waals surface area contributed by atoms with Crippen LogP contribution >= 0.6 is 0 Å². The number of aliphatic hydroxyl groups is 1. The Morgan fingerprint density at radius 3 is 2.46 bits per heavy atom. The third-order valence-electron chi connectivity index (χ3n) is 2.03. The van der Waals surface area contributed by atoms with Gasteiger partial charge in [0.25, 0.3) is 0 Å². The van der Waals surface area contributed by atoms with Gasteiger partial charge < -0.3 is 9.84 Å². The Morgan fingerprint density at radius 2 is 2.08 bits per heavy atom. The molecule has 0 aromatic rings. The molecule has 0 saturated carbocycles. The second-order valence-corrected chi connectivity index (χ2v) is 4.13. The summed E-state index contributed by atoms with van der Waals surface area (Å²) in [5.41, 5.74) is -0.629. The predicted molar refractivity (Wildman–Crippen MR) is 51.3 cm³/mol. The summed E-state index contributed by atoms with van der Waals surface area (Å²) >= 11 is 0. The largest absolute Gasteiger partial charge is 0.469 e. The lowest BCUT2D eigenvalue weighted by Gasteiger charge is -2.17. The van der Waals surface area contributed by atoms with Gasteiger partial charge in [0.1, 0.15) is 0 Å². The highest BCUT2D eigenvalue weighted by molar-refractivity contribution is 5.71. The van der Waals surface area contributed by atoms with Crippen molar-refractivity contribution in [1.29, 1.82) is 0 Å². The monoisotopic (exact) mass is 188 g/mol. The van der Waals surface area contributed by atoms with Crippen molar-refractivity contribution in [1.82, 2.24) is 0 Å². The minimum Gasteiger partial charge on any atom is -0.469 e. The highest BCUT2D eigenvalue weighted by atomic mass is 16.5. The highest BCUT2D eigenvalue weighted by Gasteiger charge is 2.16. The molecule has 1 unspecified atom stereocenters. The SMILES string of the molecule is COC(=O)C(C)CCCC(C)(C)O. The van der Waals surface area contributed by atoms with Gasteiger partial charge in [-0.15, -0.1) is 0 Å². The minimum atomic E-state index is -0.629. The van der Waals surface area contributed by atoms with Gasteiger partial charge in [0.2, 0.25) is 0 Å². The van der Waals surface area contributed by atoms with Gasteiger partial charge in [-0.2, -0.15) is 0 Å². The Kier molecular flexibility index (Phi) is 4.99. The van der Waals surface area contributed by atoms with Crippen LogP contribution in [0.5, 0.6) is 0 Å². The highest BCUT2D eigenvalue weighted by Crippen LogP contribution is 2.16. The lowest BCUT2D eigenvalue weighted by atomic mass is 9.97. The van der Waals surface area contributed by atoms with E-state index in [0.29, 0.717) is 6.42 Å². The van der Waals surface area contributed by atoms with Gasteiger partial charge in [-0.1, -0.05) is 6.92 Å². The molecule has 1 atom stereocenters. The van der Waals surface area contributed by atoms with Crippen molar-refractivity contribution < 1.29 is 14.6 Å². The normalized spacial score (nSPS) is 13.9. The molecule has 0 aliphatic rings. The third-order valence-corrected chi connectivity index (χ3v) is 2.03. The fourth-order valence-corrected chi connectivity index (χ4v) is 1.16. The molecule has 0 aromatic carbocycles. The van der Waals surface area contributed by atoms with Crippen LogP contribution in [0.3, 0.4) is 0 Å². The molecule has 0 aliphatic heterocycles. The standard InChI is InChI=1S/C10H20O3/c1-8(9(11)13-4)6-5-7-10(2,3)12/h8,12H,5-7H2,1-4H3. The van der Waals surface area contributed by atoms with Crippen molar-refractivity contribution in [3.8, 4) is 0 Å². The van der Waals surface area contributed by atoms with Crippen LogP contribution in [-0.4, -0.2) is 23.8 Å². The molecule has 0 saturated heterocycles. The van der Waals surface area contributed by atoms with Gasteiger partial charge in [-0.25, -0.2) is 0 Å². The maximum Gasteiger partial charge on any atom is 0.308 e. The molecular weight excluding hydrogens is 168 g/mol. The molecule has 13 heavy (non-hydrogen) atoms. The zero-order valence-corrected chi connectivity index (χ0v) is 8.96. The molecule has 0 rings (SSSR count). The van der Waals surface area contributed by atoms with Gasteiger partial charge in [-0.05, 0) is 33.1 Å². The van der Waals surface area contributed by atoms with E-state index in [4.69, 9.17) is 0 Å². The van der Waals surface area contributed by atoms with Crippen molar-refractivity contribution in [2.45, 2.75) is 45.6 Å². The van der Waals surface area contributed by atoms with Crippen LogP contribution in [0.4, 0.5) is 0 Å². The molecule has 0 aromatic heterocycles. The fourth-order valence-electron chi connectivity index (χ4n) is 1.16. The number of rotatable bonds is 5. The average Bonchev–Trinajstić information content (AvgIpc) is 2.00. The Morgan fingerprint density at radius 1 is 1.54 bits per heavy atom. The number of methoxy groups -OCH3 is 1. The maximum atomic E-state index is 11.0. The summed E-state index contributed by atoms with van der Waals surface area (Å²) in [5, 5.41) is 9.41. The summed E-state index contributed by atoms with van der Waals surface area (Å²) in [6.07, 6.45) is 2.34. The van der Waals surface area contributed by atoms with Crippen LogP contribution in [0.1, 0.15) is 40.0 Å². The van der Waals surface area contributed by atoms with Crippen LogP contribution in [0.25, 0.3) is 0 Å². The average molecular weight is 188 g/mol. The molecule has 0 bridgehead atoms. The molecule has 0 radical (unpaired) electrons. The van der Waals surface area contributed by atoms with E-state index in [1.165, 1.54) is 7.11 Å². The van der Waals surface area contributed by atoms with Gasteiger partial charge in [-0.3, -0.25) is 4.79 Å². The Labute approximate surface area is 80.1 Å². The first-order valence-electron chi connectivity index (χ1n) is 4.67. The van der Waals surface area contributed by atoms with E-state index in [0.717, 1.165) is 12.8 Å². The molecule has 0 amide bonds. The quantitative estimate of drug-likeness (QED) is 0.668. The smallest absolute Gasteiger partial charge is 0.308 e. The lowest BCUT2D eigenvalue weighted by Crippen LogP contribution is -2.19. The van der Waals surface area contributed by atoms with Crippen molar-refractivity contribution in [2.75, 3.05) is 7.11 Å². The fraction of sp³-hybridized carbons (Fsp3) is 0.900. The van der Waals surface area contributed by atoms with Gasteiger partial charge >= 0.3 is 5.97 Å². The van der Waals surface area contributed by atoms with E-state index in [1.54, 1.807) is 13.8 Å². The number of carbonyl (C=O) groups excluding carboxylic acids is 1. The summed E-state index contributed by atoms with van der Waals surface area (Å²) in [4.78, 5) is 11.0. The Balaban J connectivity index is 3.59. The molecular formula is C10H20O3. The number of ether oxygens (including phenoxy) is 1. The molecule has 0 fully saturated rings. The molecule has 1 N–H and O–H groups in total. The minimum absolute atomic E-state index is 0.0626. The summed E-state index contributed by atoms with van der Waals surface area (Å²) in [6, 6.07) is 0. The maximum absolute atomic E-state index is 11.0. The number of carbonyl (C=O) groups is 1. The molecule has 3 nitrogen and oxygen atoms in total. The van der Waals surface area contributed by atoms with Crippen molar-refractivity contribution >= 4 is 5.97 Å². The summed E-state index contributed by atoms with van der Waals surface area (Å²) in [6.45, 7) is 5.39. The molecule has 0 spiro atoms. The molecule has 78 valence electrons. The van der Waals surface area contributed by atoms with E-state index in [9.17, 15) is 9.90 Å². The Bertz CT molecular complexity index is 158. The zero-order chi connectivity index (χ0) is 10.5. The number of esters is 1. The van der Waals surface area contributed by atoms with Crippen LogP contribution in [-0.2, 0) is 9.53 Å². The lowest BCUT2D eigenvalue weighted by molar-refractivity contribution is -0.145. The van der Waals surface area contributed by atoms with Crippen LogP contribution in [0, 0.1) is 5.92 Å². The van der Waals surface area contributed by atoms with Crippen LogP contribution in [0.15, 0.2) is 0 Å². The second kappa shape index (κ2) is 5.22. The zero-order valence-electron chi connectivity index (χ0n) is 8.96. The molecule has 0 heterocycles. The summed E-state index contributed by atoms with van der Waals surface area (Å²) in [7, 11) is 1.40. The molecule has 0 aliphatic carbocycles. The predicted octanol–water partition coefficient (Wildman–Crippen LogP) is 1.74. The van der Waals surface area contributed by atoms with E-state index >= 15 is 0 Å². The first-order valence-corrected chi connectivity index (χ1v) is 4.67. The number of hydrogen-bond donors (Lipinski definition) is 1. The van der Waals surface area contributed by atoms with Crippen molar-refractivity contribution in [3.05, 3.63) is 0 Å². The number of hydrogen-bond acceptors (Lipinski definition) is 3. The van der Waals surface area contributed by atoms with Crippen LogP contribution < -0.4 is 0 Å². The van der Waals surface area contributed by atoms with E-state index in [1.807, 2.05) is 6.92 Å². The summed E-state index contributed by atoms with van der Waals surface area (Å²) in [5.74, 6) is -0.233. The van der Waals surface area contributed by atoms with Crippen molar-refractivity contribution in [2.24, 2.45) is 5.92 Å². The van der Waals surface area contributed by atoms with E-state index < -0.39 is 5.60 Å². The van der Waals surface area contributed by atoms with E-state index in [2.05, 4.69) is 4.74 Å². The van der Waals surface area contributed by atoms with Crippen molar-refractivity contribution in [3.63, 3.8) is 0 Å².